The summed E-state index contributed by atoms with van der Waals surface area (Å²) in [5.74, 6) is 0.213. The first kappa shape index (κ1) is 10.7. The Balaban J connectivity index is 2.42. The van der Waals surface area contributed by atoms with Crippen molar-refractivity contribution < 1.29 is 9.90 Å². The van der Waals surface area contributed by atoms with Crippen molar-refractivity contribution in [2.45, 2.75) is 38.1 Å². The second-order valence-electron chi connectivity index (χ2n) is 4.20. The van der Waals surface area contributed by atoms with Crippen molar-refractivity contribution in [1.82, 2.24) is 5.32 Å². The normalized spacial score (nSPS) is 34.5. The van der Waals surface area contributed by atoms with Crippen molar-refractivity contribution in [3.63, 3.8) is 0 Å². The summed E-state index contributed by atoms with van der Waals surface area (Å²) in [5.41, 5.74) is 0.0621. The number of hydrogen-bond donors (Lipinski definition) is 2. The summed E-state index contributed by atoms with van der Waals surface area (Å²) >= 11 is 0. The molecule has 2 atom stereocenters. The van der Waals surface area contributed by atoms with Crippen LogP contribution in [0.4, 0.5) is 0 Å². The van der Waals surface area contributed by atoms with Gasteiger partial charge in [0.05, 0.1) is 6.61 Å². The molecule has 1 fully saturated rings. The number of carbonyl (C=O) groups is 1. The highest BCUT2D eigenvalue weighted by Gasteiger charge is 2.30. The Kier molecular flexibility index (Phi) is 3.88. The lowest BCUT2D eigenvalue weighted by molar-refractivity contribution is -0.112. The highest BCUT2D eigenvalue weighted by Crippen LogP contribution is 2.30. The fraction of sp³-hybridized carbons (Fsp3) is 0.900. The van der Waals surface area contributed by atoms with Crippen molar-refractivity contribution in [3.8, 4) is 0 Å². The van der Waals surface area contributed by atoms with E-state index in [-0.39, 0.29) is 18.1 Å². The third kappa shape index (κ3) is 3.08. The van der Waals surface area contributed by atoms with Crippen LogP contribution in [0.3, 0.4) is 0 Å². The molecule has 1 rings (SSSR count). The SMILES string of the molecule is C[C@]1(NCCO)CCCC(C=O)C1. The van der Waals surface area contributed by atoms with E-state index in [1.165, 1.54) is 0 Å². The predicted octanol–water partition coefficient (Wildman–Crippen LogP) is 0.716. The maximum atomic E-state index is 10.6. The molecule has 3 nitrogen and oxygen atoms in total. The molecule has 0 radical (unpaired) electrons. The molecular formula is C10H19NO2. The number of hydrogen-bond acceptors (Lipinski definition) is 3. The van der Waals surface area contributed by atoms with Gasteiger partial charge in [0.15, 0.2) is 0 Å². The van der Waals surface area contributed by atoms with Crippen molar-refractivity contribution >= 4 is 6.29 Å². The Hall–Kier alpha value is -0.410. The maximum absolute atomic E-state index is 10.6. The van der Waals surface area contributed by atoms with E-state index in [0.717, 1.165) is 32.0 Å². The van der Waals surface area contributed by atoms with E-state index in [0.29, 0.717) is 6.54 Å². The molecule has 0 aromatic rings. The molecule has 0 heterocycles. The molecule has 1 aliphatic rings. The topological polar surface area (TPSA) is 49.3 Å². The lowest BCUT2D eigenvalue weighted by atomic mass is 9.77. The van der Waals surface area contributed by atoms with Gasteiger partial charge in [0, 0.05) is 18.0 Å². The van der Waals surface area contributed by atoms with Crippen LogP contribution in [0.2, 0.25) is 0 Å². The third-order valence-electron chi connectivity index (χ3n) is 2.87. The van der Waals surface area contributed by atoms with Crippen LogP contribution in [0.1, 0.15) is 32.6 Å². The largest absolute Gasteiger partial charge is 0.395 e. The summed E-state index contributed by atoms with van der Waals surface area (Å²) in [6, 6.07) is 0. The van der Waals surface area contributed by atoms with Crippen LogP contribution in [0.5, 0.6) is 0 Å². The standard InChI is InChI=1S/C10H19NO2/c1-10(11-5-6-12)4-2-3-9(7-10)8-13/h8-9,11-12H,2-7H2,1H3/t9?,10-/m0/s1. The zero-order valence-electron chi connectivity index (χ0n) is 8.25. The molecule has 76 valence electrons. The Morgan fingerprint density at radius 1 is 1.69 bits per heavy atom. The Morgan fingerprint density at radius 2 is 2.46 bits per heavy atom. The third-order valence-corrected chi connectivity index (χ3v) is 2.87. The van der Waals surface area contributed by atoms with Gasteiger partial charge in [-0.1, -0.05) is 6.42 Å². The van der Waals surface area contributed by atoms with Gasteiger partial charge in [0.25, 0.3) is 0 Å². The molecule has 0 aromatic heterocycles. The molecule has 0 saturated heterocycles. The first-order valence-corrected chi connectivity index (χ1v) is 5.01. The van der Waals surface area contributed by atoms with E-state index in [2.05, 4.69) is 12.2 Å². The van der Waals surface area contributed by atoms with Gasteiger partial charge in [-0.05, 0) is 26.2 Å². The smallest absolute Gasteiger partial charge is 0.123 e. The van der Waals surface area contributed by atoms with E-state index in [1.54, 1.807) is 0 Å². The van der Waals surface area contributed by atoms with Gasteiger partial charge in [0.1, 0.15) is 6.29 Å². The molecule has 2 N–H and O–H groups in total. The van der Waals surface area contributed by atoms with Crippen LogP contribution < -0.4 is 5.32 Å². The summed E-state index contributed by atoms with van der Waals surface area (Å²) in [7, 11) is 0. The van der Waals surface area contributed by atoms with Crippen molar-refractivity contribution in [2.75, 3.05) is 13.2 Å². The van der Waals surface area contributed by atoms with Gasteiger partial charge in [-0.25, -0.2) is 0 Å². The van der Waals surface area contributed by atoms with Gasteiger partial charge in [0.2, 0.25) is 0 Å². The quantitative estimate of drug-likeness (QED) is 0.634. The molecule has 1 unspecified atom stereocenters. The van der Waals surface area contributed by atoms with Crippen molar-refractivity contribution in [3.05, 3.63) is 0 Å². The predicted molar refractivity (Wildman–Crippen MR) is 51.5 cm³/mol. The van der Waals surface area contributed by atoms with E-state index >= 15 is 0 Å². The first-order valence-electron chi connectivity index (χ1n) is 5.01. The first-order chi connectivity index (χ1) is 6.20. The van der Waals surface area contributed by atoms with Crippen LogP contribution in [0.15, 0.2) is 0 Å². The maximum Gasteiger partial charge on any atom is 0.123 e. The van der Waals surface area contributed by atoms with Crippen LogP contribution >= 0.6 is 0 Å². The lowest BCUT2D eigenvalue weighted by Gasteiger charge is -2.37. The Labute approximate surface area is 79.5 Å². The summed E-state index contributed by atoms with van der Waals surface area (Å²) in [5, 5.41) is 12.0. The summed E-state index contributed by atoms with van der Waals surface area (Å²) in [6.45, 7) is 2.93. The van der Waals surface area contributed by atoms with E-state index in [4.69, 9.17) is 5.11 Å². The average Bonchev–Trinajstić information content (AvgIpc) is 2.15. The molecule has 0 bridgehead atoms. The molecule has 0 spiro atoms. The summed E-state index contributed by atoms with van der Waals surface area (Å²) in [6.07, 6.45) is 5.23. The molecule has 1 saturated carbocycles. The Morgan fingerprint density at radius 3 is 3.08 bits per heavy atom. The van der Waals surface area contributed by atoms with Crippen LogP contribution in [0, 0.1) is 5.92 Å². The number of aliphatic hydroxyl groups is 1. The minimum atomic E-state index is 0.0621. The monoisotopic (exact) mass is 185 g/mol. The molecule has 3 heteroatoms. The average molecular weight is 185 g/mol. The number of carbonyl (C=O) groups excluding carboxylic acids is 1. The van der Waals surface area contributed by atoms with Gasteiger partial charge in [-0.15, -0.1) is 0 Å². The molecule has 13 heavy (non-hydrogen) atoms. The molecule has 0 aliphatic heterocycles. The molecule has 0 amide bonds. The fourth-order valence-electron chi connectivity index (χ4n) is 2.17. The summed E-state index contributed by atoms with van der Waals surface area (Å²) < 4.78 is 0. The van der Waals surface area contributed by atoms with Crippen molar-refractivity contribution in [2.24, 2.45) is 5.92 Å². The Bertz CT molecular complexity index is 172. The minimum Gasteiger partial charge on any atom is -0.395 e. The minimum absolute atomic E-state index is 0.0621. The van der Waals surface area contributed by atoms with Gasteiger partial charge >= 0.3 is 0 Å². The number of β-amino-alcohol motifs (C(OH)–C–C–N with tert-alkyl or cyclic N) is 1. The van der Waals surface area contributed by atoms with E-state index in [1.807, 2.05) is 0 Å². The second-order valence-corrected chi connectivity index (χ2v) is 4.20. The van der Waals surface area contributed by atoms with E-state index in [9.17, 15) is 4.79 Å². The number of aldehydes is 1. The second kappa shape index (κ2) is 4.72. The van der Waals surface area contributed by atoms with Gasteiger partial charge in [-0.2, -0.15) is 0 Å². The number of rotatable bonds is 4. The highest BCUT2D eigenvalue weighted by atomic mass is 16.3. The zero-order valence-corrected chi connectivity index (χ0v) is 8.25. The molecule has 1 aliphatic carbocycles. The zero-order chi connectivity index (χ0) is 9.73. The lowest BCUT2D eigenvalue weighted by Crippen LogP contribution is -2.47. The molecule has 0 aromatic carbocycles. The van der Waals surface area contributed by atoms with Crippen molar-refractivity contribution in [1.29, 1.82) is 0 Å². The number of aliphatic hydroxyl groups excluding tert-OH is 1. The highest BCUT2D eigenvalue weighted by molar-refractivity contribution is 5.53. The van der Waals surface area contributed by atoms with Crippen LogP contribution in [-0.4, -0.2) is 30.1 Å². The molecular weight excluding hydrogens is 166 g/mol. The van der Waals surface area contributed by atoms with Crippen LogP contribution in [-0.2, 0) is 4.79 Å². The van der Waals surface area contributed by atoms with Crippen LogP contribution in [0.25, 0.3) is 0 Å². The van der Waals surface area contributed by atoms with Gasteiger partial charge in [-0.3, -0.25) is 0 Å². The summed E-state index contributed by atoms with van der Waals surface area (Å²) in [4.78, 5) is 10.6. The van der Waals surface area contributed by atoms with E-state index < -0.39 is 0 Å². The fourth-order valence-corrected chi connectivity index (χ4v) is 2.17. The van der Waals surface area contributed by atoms with Gasteiger partial charge < -0.3 is 15.2 Å². The number of nitrogens with one attached hydrogen (secondary N) is 1.